The highest BCUT2D eigenvalue weighted by Crippen LogP contribution is 2.22. The molecule has 132 valence electrons. The standard InChI is InChI=1S/C17H16BrClN2O4/c1-10(25-13-5-3-4-11(18)8-13)16(22)20-21-17(23)14-9-12(19)6-7-15(14)24-2/h3-10H,1-2H3,(H,20,22)(H,21,23)/t10-/m1/s1. The Morgan fingerprint density at radius 1 is 1.16 bits per heavy atom. The Bertz CT molecular complexity index is 785. The number of nitrogens with one attached hydrogen (secondary N) is 2. The third-order valence-corrected chi connectivity index (χ3v) is 3.91. The first-order valence-corrected chi connectivity index (χ1v) is 8.43. The molecule has 0 aromatic heterocycles. The maximum atomic E-state index is 12.2. The van der Waals surface area contributed by atoms with Crippen LogP contribution in [0.5, 0.6) is 11.5 Å². The van der Waals surface area contributed by atoms with E-state index in [4.69, 9.17) is 21.1 Å². The topological polar surface area (TPSA) is 76.7 Å². The van der Waals surface area contributed by atoms with Crippen LogP contribution in [0.25, 0.3) is 0 Å². The van der Waals surface area contributed by atoms with Gasteiger partial charge in [-0.05, 0) is 43.3 Å². The fraction of sp³-hybridized carbons (Fsp3) is 0.176. The van der Waals surface area contributed by atoms with Gasteiger partial charge in [0.05, 0.1) is 12.7 Å². The van der Waals surface area contributed by atoms with Crippen LogP contribution in [0.1, 0.15) is 17.3 Å². The maximum absolute atomic E-state index is 12.2. The molecule has 0 radical (unpaired) electrons. The van der Waals surface area contributed by atoms with Crippen LogP contribution in [0, 0.1) is 0 Å². The summed E-state index contributed by atoms with van der Waals surface area (Å²) in [6, 6.07) is 11.7. The number of hydrazine groups is 1. The molecule has 8 heteroatoms. The van der Waals surface area contributed by atoms with Crippen molar-refractivity contribution in [2.45, 2.75) is 13.0 Å². The quantitative estimate of drug-likeness (QED) is 0.718. The van der Waals surface area contributed by atoms with E-state index in [0.29, 0.717) is 16.5 Å². The molecule has 2 aromatic rings. The fourth-order valence-electron chi connectivity index (χ4n) is 1.94. The Morgan fingerprint density at radius 2 is 1.92 bits per heavy atom. The number of amides is 2. The Balaban J connectivity index is 1.95. The van der Waals surface area contributed by atoms with Crippen molar-refractivity contribution in [2.75, 3.05) is 7.11 Å². The summed E-state index contributed by atoms with van der Waals surface area (Å²) in [5.41, 5.74) is 4.83. The minimum Gasteiger partial charge on any atom is -0.496 e. The van der Waals surface area contributed by atoms with Gasteiger partial charge < -0.3 is 9.47 Å². The number of rotatable bonds is 5. The molecule has 0 fully saturated rings. The zero-order valence-corrected chi connectivity index (χ0v) is 15.8. The zero-order valence-electron chi connectivity index (χ0n) is 13.5. The van der Waals surface area contributed by atoms with Crippen molar-refractivity contribution in [3.8, 4) is 11.5 Å². The molecule has 0 aliphatic rings. The van der Waals surface area contributed by atoms with E-state index >= 15 is 0 Å². The third kappa shape index (κ3) is 5.37. The van der Waals surface area contributed by atoms with Gasteiger partial charge in [0.25, 0.3) is 11.8 Å². The number of methoxy groups -OCH3 is 1. The highest BCUT2D eigenvalue weighted by molar-refractivity contribution is 9.10. The monoisotopic (exact) mass is 426 g/mol. The van der Waals surface area contributed by atoms with Crippen LogP contribution in [0.3, 0.4) is 0 Å². The predicted molar refractivity (Wildman–Crippen MR) is 97.8 cm³/mol. The third-order valence-electron chi connectivity index (χ3n) is 3.18. The summed E-state index contributed by atoms with van der Waals surface area (Å²) < 4.78 is 11.5. The molecular weight excluding hydrogens is 412 g/mol. The van der Waals surface area contributed by atoms with Gasteiger partial charge in [-0.3, -0.25) is 20.4 Å². The van der Waals surface area contributed by atoms with Crippen molar-refractivity contribution in [1.82, 2.24) is 10.9 Å². The maximum Gasteiger partial charge on any atom is 0.279 e. The fourth-order valence-corrected chi connectivity index (χ4v) is 2.49. The highest BCUT2D eigenvalue weighted by Gasteiger charge is 2.18. The lowest BCUT2D eigenvalue weighted by molar-refractivity contribution is -0.128. The number of carbonyl (C=O) groups excluding carboxylic acids is 2. The van der Waals surface area contributed by atoms with Crippen LogP contribution in [0.4, 0.5) is 0 Å². The second kappa shape index (κ2) is 8.73. The zero-order chi connectivity index (χ0) is 18.4. The average molecular weight is 428 g/mol. The summed E-state index contributed by atoms with van der Waals surface area (Å²) in [6.45, 7) is 1.57. The molecule has 2 N–H and O–H groups in total. The van der Waals surface area contributed by atoms with E-state index < -0.39 is 17.9 Å². The van der Waals surface area contributed by atoms with Gasteiger partial charge >= 0.3 is 0 Å². The molecule has 0 saturated heterocycles. The van der Waals surface area contributed by atoms with Gasteiger partial charge in [0.2, 0.25) is 0 Å². The summed E-state index contributed by atoms with van der Waals surface area (Å²) >= 11 is 9.21. The van der Waals surface area contributed by atoms with Crippen LogP contribution in [0.2, 0.25) is 5.02 Å². The second-order valence-corrected chi connectivity index (χ2v) is 6.36. The number of benzene rings is 2. The van der Waals surface area contributed by atoms with Gasteiger partial charge in [0, 0.05) is 9.50 Å². The minimum absolute atomic E-state index is 0.205. The average Bonchev–Trinajstić information content (AvgIpc) is 2.59. The van der Waals surface area contributed by atoms with Crippen molar-refractivity contribution in [2.24, 2.45) is 0 Å². The van der Waals surface area contributed by atoms with Gasteiger partial charge in [-0.1, -0.05) is 33.6 Å². The lowest BCUT2D eigenvalue weighted by atomic mass is 10.2. The van der Waals surface area contributed by atoms with Gasteiger partial charge in [-0.15, -0.1) is 0 Å². The Morgan fingerprint density at radius 3 is 2.60 bits per heavy atom. The molecule has 1 atom stereocenters. The van der Waals surface area contributed by atoms with Crippen LogP contribution < -0.4 is 20.3 Å². The molecule has 0 unspecified atom stereocenters. The van der Waals surface area contributed by atoms with Crippen molar-refractivity contribution >= 4 is 39.3 Å². The first-order chi connectivity index (χ1) is 11.9. The molecule has 2 rings (SSSR count). The molecule has 0 bridgehead atoms. The van der Waals surface area contributed by atoms with Crippen LogP contribution >= 0.6 is 27.5 Å². The molecule has 25 heavy (non-hydrogen) atoms. The molecule has 6 nitrogen and oxygen atoms in total. The number of halogens is 2. The highest BCUT2D eigenvalue weighted by atomic mass is 79.9. The van der Waals surface area contributed by atoms with Gasteiger partial charge in [0.1, 0.15) is 11.5 Å². The smallest absolute Gasteiger partial charge is 0.279 e. The summed E-state index contributed by atoms with van der Waals surface area (Å²) in [6.07, 6.45) is -0.809. The van der Waals surface area contributed by atoms with Crippen molar-refractivity contribution in [3.63, 3.8) is 0 Å². The Hall–Kier alpha value is -2.25. The van der Waals surface area contributed by atoms with E-state index in [0.717, 1.165) is 4.47 Å². The summed E-state index contributed by atoms with van der Waals surface area (Å²) in [5, 5.41) is 0.378. The molecule has 2 aromatic carbocycles. The number of hydrogen-bond donors (Lipinski definition) is 2. The van der Waals surface area contributed by atoms with Crippen LogP contribution in [-0.4, -0.2) is 25.0 Å². The number of hydrogen-bond acceptors (Lipinski definition) is 4. The van der Waals surface area contributed by atoms with E-state index in [-0.39, 0.29) is 5.56 Å². The lowest BCUT2D eigenvalue weighted by Gasteiger charge is -2.16. The predicted octanol–water partition coefficient (Wildman–Crippen LogP) is 3.34. The lowest BCUT2D eigenvalue weighted by Crippen LogP contribution is -2.47. The van der Waals surface area contributed by atoms with Gasteiger partial charge in [0.15, 0.2) is 6.10 Å². The Labute approximate surface area is 158 Å². The first-order valence-electron chi connectivity index (χ1n) is 7.26. The molecule has 0 spiro atoms. The number of carbonyl (C=O) groups is 2. The largest absolute Gasteiger partial charge is 0.496 e. The molecular formula is C17H16BrClN2O4. The molecule has 0 heterocycles. The number of ether oxygens (including phenoxy) is 2. The van der Waals surface area contributed by atoms with Crippen LogP contribution in [-0.2, 0) is 4.79 Å². The van der Waals surface area contributed by atoms with Crippen molar-refractivity contribution in [3.05, 3.63) is 57.5 Å². The van der Waals surface area contributed by atoms with E-state index in [2.05, 4.69) is 26.8 Å². The summed E-state index contributed by atoms with van der Waals surface area (Å²) in [4.78, 5) is 24.3. The summed E-state index contributed by atoms with van der Waals surface area (Å²) in [5.74, 6) is -0.189. The molecule has 0 aliphatic carbocycles. The van der Waals surface area contributed by atoms with E-state index in [1.165, 1.54) is 13.2 Å². The van der Waals surface area contributed by atoms with E-state index in [9.17, 15) is 9.59 Å². The summed E-state index contributed by atoms with van der Waals surface area (Å²) in [7, 11) is 1.44. The normalized spacial score (nSPS) is 11.4. The van der Waals surface area contributed by atoms with Crippen molar-refractivity contribution < 1.29 is 19.1 Å². The Kier molecular flexibility index (Phi) is 6.66. The minimum atomic E-state index is -0.809. The molecule has 0 saturated carbocycles. The second-order valence-electron chi connectivity index (χ2n) is 5.01. The van der Waals surface area contributed by atoms with E-state index in [1.54, 1.807) is 37.3 Å². The SMILES string of the molecule is COc1ccc(Cl)cc1C(=O)NNC(=O)[C@@H](C)Oc1cccc(Br)c1. The van der Waals surface area contributed by atoms with Gasteiger partial charge in [-0.25, -0.2) is 0 Å². The van der Waals surface area contributed by atoms with Crippen LogP contribution in [0.15, 0.2) is 46.9 Å². The molecule has 0 aliphatic heterocycles. The van der Waals surface area contributed by atoms with Crippen molar-refractivity contribution in [1.29, 1.82) is 0 Å². The van der Waals surface area contributed by atoms with E-state index in [1.807, 2.05) is 6.07 Å². The van der Waals surface area contributed by atoms with Gasteiger partial charge in [-0.2, -0.15) is 0 Å². The molecule has 2 amide bonds. The first kappa shape index (κ1) is 19.1.